The zero-order valence-electron chi connectivity index (χ0n) is 14.2. The summed E-state index contributed by atoms with van der Waals surface area (Å²) in [5.41, 5.74) is 5.20. The molecule has 0 radical (unpaired) electrons. The van der Waals surface area contributed by atoms with Gasteiger partial charge in [0, 0.05) is 11.1 Å². The van der Waals surface area contributed by atoms with Crippen molar-refractivity contribution in [3.05, 3.63) is 63.8 Å². The van der Waals surface area contributed by atoms with E-state index in [0.717, 1.165) is 16.6 Å². The number of phenolic OH excluding ortho intramolecular Hbond substituents is 1. The second-order valence-corrected chi connectivity index (χ2v) is 6.44. The first-order chi connectivity index (χ1) is 12.5. The van der Waals surface area contributed by atoms with Crippen LogP contribution in [0.5, 0.6) is 11.5 Å². The number of nitrogens with one attached hydrogen (secondary N) is 1. The van der Waals surface area contributed by atoms with E-state index >= 15 is 0 Å². The molecule has 0 aliphatic heterocycles. The van der Waals surface area contributed by atoms with Crippen molar-refractivity contribution in [1.82, 2.24) is 10.4 Å². The minimum Gasteiger partial charge on any atom is -0.503 e. The quantitative estimate of drug-likeness (QED) is 0.503. The molecule has 132 valence electrons. The number of ether oxygens (including phenoxy) is 1. The van der Waals surface area contributed by atoms with Crippen LogP contribution < -0.4 is 10.2 Å². The molecule has 2 N–H and O–H groups in total. The predicted molar refractivity (Wildman–Crippen MR) is 104 cm³/mol. The number of benzene rings is 2. The van der Waals surface area contributed by atoms with Gasteiger partial charge >= 0.3 is 0 Å². The highest BCUT2D eigenvalue weighted by Gasteiger charge is 2.11. The van der Waals surface area contributed by atoms with Crippen molar-refractivity contribution in [2.75, 3.05) is 7.11 Å². The van der Waals surface area contributed by atoms with E-state index in [1.807, 2.05) is 31.2 Å². The van der Waals surface area contributed by atoms with Crippen molar-refractivity contribution in [3.8, 4) is 11.5 Å². The standard InChI is InChI=1S/C19H16BrN3O3/c1-11-7-14(13-5-3-4-6-16(13)22-11)19(25)23-21-10-12-8-15(20)18(24)17(9-12)26-2/h3-10,24H,1-2H3,(H,23,25)/b21-10+. The third-order valence-corrected chi connectivity index (χ3v) is 4.34. The lowest BCUT2D eigenvalue weighted by atomic mass is 10.1. The first-order valence-corrected chi connectivity index (χ1v) is 8.55. The van der Waals surface area contributed by atoms with Gasteiger partial charge in [-0.2, -0.15) is 5.10 Å². The molecule has 1 amide bonds. The van der Waals surface area contributed by atoms with E-state index in [1.54, 1.807) is 18.2 Å². The molecule has 0 aliphatic rings. The molecule has 0 atom stereocenters. The Morgan fingerprint density at radius 2 is 2.08 bits per heavy atom. The maximum absolute atomic E-state index is 12.5. The van der Waals surface area contributed by atoms with E-state index in [-0.39, 0.29) is 11.7 Å². The molecule has 0 aliphatic carbocycles. The molecule has 6 nitrogen and oxygen atoms in total. The molecular weight excluding hydrogens is 398 g/mol. The van der Waals surface area contributed by atoms with Crippen molar-refractivity contribution < 1.29 is 14.6 Å². The van der Waals surface area contributed by atoms with E-state index in [4.69, 9.17) is 4.74 Å². The summed E-state index contributed by atoms with van der Waals surface area (Å²) < 4.78 is 5.56. The molecule has 1 heterocycles. The number of aromatic nitrogens is 1. The highest BCUT2D eigenvalue weighted by molar-refractivity contribution is 9.10. The van der Waals surface area contributed by atoms with Crippen molar-refractivity contribution in [3.63, 3.8) is 0 Å². The number of halogens is 1. The molecule has 7 heteroatoms. The van der Waals surface area contributed by atoms with E-state index in [0.29, 0.717) is 21.3 Å². The molecule has 0 saturated carbocycles. The lowest BCUT2D eigenvalue weighted by Crippen LogP contribution is -2.18. The van der Waals surface area contributed by atoms with Crippen molar-refractivity contribution >= 4 is 39.0 Å². The zero-order chi connectivity index (χ0) is 18.7. The molecule has 26 heavy (non-hydrogen) atoms. The Kier molecular flexibility index (Phi) is 5.18. The SMILES string of the molecule is COc1cc(/C=N/NC(=O)c2cc(C)nc3ccccc23)cc(Br)c1O. The minimum absolute atomic E-state index is 0.00687. The van der Waals surface area contributed by atoms with E-state index < -0.39 is 0 Å². The first kappa shape index (κ1) is 17.9. The first-order valence-electron chi connectivity index (χ1n) is 7.76. The summed E-state index contributed by atoms with van der Waals surface area (Å²) in [5.74, 6) is -0.0110. The van der Waals surface area contributed by atoms with Crippen LogP contribution in [0.15, 0.2) is 52.0 Å². The number of aromatic hydroxyl groups is 1. The fraction of sp³-hybridized carbons (Fsp3) is 0.105. The number of hydrogen-bond acceptors (Lipinski definition) is 5. The number of aryl methyl sites for hydroxylation is 1. The van der Waals surface area contributed by atoms with Gasteiger partial charge < -0.3 is 9.84 Å². The van der Waals surface area contributed by atoms with Crippen LogP contribution in [-0.4, -0.2) is 29.3 Å². The lowest BCUT2D eigenvalue weighted by Gasteiger charge is -2.07. The molecule has 0 fully saturated rings. The van der Waals surface area contributed by atoms with Gasteiger partial charge in [0.25, 0.3) is 5.91 Å². The number of fused-ring (bicyclic) bond motifs is 1. The highest BCUT2D eigenvalue weighted by atomic mass is 79.9. The second-order valence-electron chi connectivity index (χ2n) is 5.58. The number of rotatable bonds is 4. The van der Waals surface area contributed by atoms with Gasteiger partial charge in [-0.3, -0.25) is 9.78 Å². The van der Waals surface area contributed by atoms with Gasteiger partial charge in [-0.05, 0) is 52.7 Å². The number of carbonyl (C=O) groups excluding carboxylic acids is 1. The molecular formula is C19H16BrN3O3. The maximum Gasteiger partial charge on any atom is 0.272 e. The number of para-hydroxylation sites is 1. The van der Waals surface area contributed by atoms with Crippen LogP contribution in [0.4, 0.5) is 0 Å². The Morgan fingerprint density at radius 3 is 2.85 bits per heavy atom. The van der Waals surface area contributed by atoms with Gasteiger partial charge in [-0.25, -0.2) is 5.43 Å². The monoisotopic (exact) mass is 413 g/mol. The zero-order valence-corrected chi connectivity index (χ0v) is 15.7. The average molecular weight is 414 g/mol. The topological polar surface area (TPSA) is 83.8 Å². The second kappa shape index (κ2) is 7.53. The Balaban J connectivity index is 1.84. The van der Waals surface area contributed by atoms with Crippen molar-refractivity contribution in [2.45, 2.75) is 6.92 Å². The summed E-state index contributed by atoms with van der Waals surface area (Å²) in [5, 5.41) is 14.6. The van der Waals surface area contributed by atoms with Crippen molar-refractivity contribution in [1.29, 1.82) is 0 Å². The van der Waals surface area contributed by atoms with Crippen LogP contribution in [-0.2, 0) is 0 Å². The lowest BCUT2D eigenvalue weighted by molar-refractivity contribution is 0.0956. The fourth-order valence-electron chi connectivity index (χ4n) is 2.55. The number of pyridine rings is 1. The summed E-state index contributed by atoms with van der Waals surface area (Å²) in [7, 11) is 1.46. The molecule has 0 spiro atoms. The van der Waals surface area contributed by atoms with Gasteiger partial charge in [-0.1, -0.05) is 18.2 Å². The van der Waals surface area contributed by atoms with Gasteiger partial charge in [0.1, 0.15) is 0 Å². The summed E-state index contributed by atoms with van der Waals surface area (Å²) in [4.78, 5) is 16.9. The Morgan fingerprint density at radius 1 is 1.31 bits per heavy atom. The Hall–Kier alpha value is -2.93. The fourth-order valence-corrected chi connectivity index (χ4v) is 3.00. The number of methoxy groups -OCH3 is 1. The third-order valence-electron chi connectivity index (χ3n) is 3.74. The van der Waals surface area contributed by atoms with Gasteiger partial charge in [0.2, 0.25) is 0 Å². The number of amides is 1. The van der Waals surface area contributed by atoms with Crippen LogP contribution in [0.1, 0.15) is 21.6 Å². The largest absolute Gasteiger partial charge is 0.503 e. The van der Waals surface area contributed by atoms with E-state index in [1.165, 1.54) is 13.3 Å². The van der Waals surface area contributed by atoms with E-state index in [2.05, 4.69) is 31.4 Å². The van der Waals surface area contributed by atoms with E-state index in [9.17, 15) is 9.90 Å². The number of nitrogens with zero attached hydrogens (tertiary/aromatic N) is 2. The molecule has 3 rings (SSSR count). The molecule has 0 saturated heterocycles. The summed E-state index contributed by atoms with van der Waals surface area (Å²) in [6.45, 7) is 1.84. The normalized spacial score (nSPS) is 11.0. The molecule has 0 unspecified atom stereocenters. The minimum atomic E-state index is -0.326. The Labute approximate surface area is 158 Å². The maximum atomic E-state index is 12.5. The van der Waals surface area contributed by atoms with Crippen LogP contribution in [0.25, 0.3) is 10.9 Å². The van der Waals surface area contributed by atoms with Crippen LogP contribution in [0, 0.1) is 6.92 Å². The number of phenols is 1. The van der Waals surface area contributed by atoms with Gasteiger partial charge in [0.05, 0.1) is 28.9 Å². The number of carbonyl (C=O) groups is 1. The van der Waals surface area contributed by atoms with Gasteiger partial charge in [-0.15, -0.1) is 0 Å². The number of hydrazone groups is 1. The highest BCUT2D eigenvalue weighted by Crippen LogP contribution is 2.34. The summed E-state index contributed by atoms with van der Waals surface area (Å²) in [6, 6.07) is 12.5. The van der Waals surface area contributed by atoms with Gasteiger partial charge in [0.15, 0.2) is 11.5 Å². The summed E-state index contributed by atoms with van der Waals surface area (Å²) >= 11 is 3.24. The molecule has 2 aromatic carbocycles. The Bertz CT molecular complexity index is 1020. The molecule has 0 bridgehead atoms. The average Bonchev–Trinajstić information content (AvgIpc) is 2.63. The predicted octanol–water partition coefficient (Wildman–Crippen LogP) is 3.78. The van der Waals surface area contributed by atoms with Crippen LogP contribution >= 0.6 is 15.9 Å². The third kappa shape index (κ3) is 3.67. The summed E-state index contributed by atoms with van der Waals surface area (Å²) in [6.07, 6.45) is 1.47. The van der Waals surface area contributed by atoms with Crippen LogP contribution in [0.2, 0.25) is 0 Å². The smallest absolute Gasteiger partial charge is 0.272 e. The van der Waals surface area contributed by atoms with Crippen LogP contribution in [0.3, 0.4) is 0 Å². The molecule has 3 aromatic rings. The molecule has 1 aromatic heterocycles. The van der Waals surface area contributed by atoms with Crippen molar-refractivity contribution in [2.24, 2.45) is 5.10 Å². The number of hydrogen-bond donors (Lipinski definition) is 2.